The summed E-state index contributed by atoms with van der Waals surface area (Å²) in [5.41, 5.74) is -0.539. The molecule has 0 aliphatic carbocycles. The Hall–Kier alpha value is -1.77. The van der Waals surface area contributed by atoms with Gasteiger partial charge in [-0.3, -0.25) is 0 Å². The summed E-state index contributed by atoms with van der Waals surface area (Å²) in [5.74, 6) is -9.16. The molecule has 0 radical (unpaired) electrons. The summed E-state index contributed by atoms with van der Waals surface area (Å²) in [6.07, 6.45) is 0. The standard InChI is InChI=1S/C15H17FO6/c1-7(2)10-6-9(17)5-8-3-4-11(16)13(12(8)10)14(18,19)15(20,21)22/h3-7,17-22H,1-2H3. The number of halogens is 1. The molecule has 0 aliphatic heterocycles. The minimum Gasteiger partial charge on any atom is -0.508 e. The first kappa shape index (κ1) is 16.6. The van der Waals surface area contributed by atoms with E-state index in [1.54, 1.807) is 13.8 Å². The molecule has 0 heterocycles. The van der Waals surface area contributed by atoms with Crippen LogP contribution in [0.25, 0.3) is 10.8 Å². The molecule has 0 bridgehead atoms. The van der Waals surface area contributed by atoms with Crippen LogP contribution in [0, 0.1) is 5.82 Å². The average Bonchev–Trinajstić information content (AvgIpc) is 2.36. The van der Waals surface area contributed by atoms with Crippen LogP contribution in [0.1, 0.15) is 30.9 Å². The zero-order valence-corrected chi connectivity index (χ0v) is 11.9. The lowest BCUT2D eigenvalue weighted by Crippen LogP contribution is -2.52. The first-order chi connectivity index (χ1) is 9.96. The van der Waals surface area contributed by atoms with E-state index in [1.165, 1.54) is 18.2 Å². The number of phenolic OH excluding ortho intramolecular Hbond substituents is 1. The van der Waals surface area contributed by atoms with Crippen molar-refractivity contribution in [3.8, 4) is 5.75 Å². The summed E-state index contributed by atoms with van der Waals surface area (Å²) in [7, 11) is 0. The van der Waals surface area contributed by atoms with Gasteiger partial charge in [0, 0.05) is 0 Å². The second-order valence-corrected chi connectivity index (χ2v) is 5.52. The Bertz CT molecular complexity index is 718. The third kappa shape index (κ3) is 2.53. The monoisotopic (exact) mass is 312 g/mol. The van der Waals surface area contributed by atoms with Crippen molar-refractivity contribution >= 4 is 10.8 Å². The lowest BCUT2D eigenvalue weighted by atomic mass is 9.88. The highest BCUT2D eigenvalue weighted by molar-refractivity contribution is 5.91. The molecule has 2 aromatic carbocycles. The van der Waals surface area contributed by atoms with Crippen LogP contribution in [0.5, 0.6) is 5.75 Å². The molecule has 0 aromatic heterocycles. The Morgan fingerprint density at radius 2 is 1.59 bits per heavy atom. The molecule has 2 aromatic rings. The zero-order valence-electron chi connectivity index (χ0n) is 11.9. The number of rotatable bonds is 3. The van der Waals surface area contributed by atoms with E-state index in [0.29, 0.717) is 5.56 Å². The number of hydrogen-bond acceptors (Lipinski definition) is 6. The zero-order chi connectivity index (χ0) is 16.9. The van der Waals surface area contributed by atoms with E-state index < -0.39 is 23.1 Å². The fraction of sp³-hybridized carbons (Fsp3) is 0.333. The third-order valence-electron chi connectivity index (χ3n) is 3.52. The first-order valence-corrected chi connectivity index (χ1v) is 6.54. The number of fused-ring (bicyclic) bond motifs is 1. The maximum atomic E-state index is 14.2. The molecule has 2 rings (SSSR count). The minimum absolute atomic E-state index is 0.0284. The first-order valence-electron chi connectivity index (χ1n) is 6.54. The molecule has 0 saturated heterocycles. The van der Waals surface area contributed by atoms with Gasteiger partial charge in [-0.1, -0.05) is 19.9 Å². The average molecular weight is 312 g/mol. The lowest BCUT2D eigenvalue weighted by molar-refractivity contribution is -0.454. The Balaban J connectivity index is 2.98. The SMILES string of the molecule is CC(C)c1cc(O)cc2ccc(F)c(C(O)(O)C(O)(O)O)c12. The van der Waals surface area contributed by atoms with Crippen LogP contribution in [0.2, 0.25) is 0 Å². The molecule has 22 heavy (non-hydrogen) atoms. The van der Waals surface area contributed by atoms with Crippen molar-refractivity contribution in [1.29, 1.82) is 0 Å². The molecule has 0 saturated carbocycles. The normalized spacial score (nSPS) is 13.1. The highest BCUT2D eigenvalue weighted by Crippen LogP contribution is 2.40. The van der Waals surface area contributed by atoms with Gasteiger partial charge in [0.05, 0.1) is 5.56 Å². The van der Waals surface area contributed by atoms with Crippen molar-refractivity contribution in [1.82, 2.24) is 0 Å². The van der Waals surface area contributed by atoms with Crippen molar-refractivity contribution in [3.05, 3.63) is 41.2 Å². The van der Waals surface area contributed by atoms with Crippen LogP contribution in [0.4, 0.5) is 4.39 Å². The molecule has 0 aliphatic rings. The predicted molar refractivity (Wildman–Crippen MR) is 75.2 cm³/mol. The van der Waals surface area contributed by atoms with Crippen LogP contribution in [0.15, 0.2) is 24.3 Å². The second-order valence-electron chi connectivity index (χ2n) is 5.52. The fourth-order valence-corrected chi connectivity index (χ4v) is 2.42. The molecule has 7 heteroatoms. The Kier molecular flexibility index (Phi) is 3.88. The van der Waals surface area contributed by atoms with Gasteiger partial charge in [0.2, 0.25) is 0 Å². The molecule has 120 valence electrons. The topological polar surface area (TPSA) is 121 Å². The highest BCUT2D eigenvalue weighted by atomic mass is 19.1. The van der Waals surface area contributed by atoms with Gasteiger partial charge in [0.1, 0.15) is 11.6 Å². The number of phenols is 1. The molecular formula is C15H17FO6. The Labute approximate surface area is 125 Å². The van der Waals surface area contributed by atoms with Crippen LogP contribution in [0.3, 0.4) is 0 Å². The molecule has 0 unspecified atom stereocenters. The van der Waals surface area contributed by atoms with Gasteiger partial charge in [-0.05, 0) is 40.5 Å². The van der Waals surface area contributed by atoms with Crippen LogP contribution >= 0.6 is 0 Å². The largest absolute Gasteiger partial charge is 0.508 e. The third-order valence-corrected chi connectivity index (χ3v) is 3.52. The number of aliphatic hydroxyl groups is 5. The van der Waals surface area contributed by atoms with E-state index in [-0.39, 0.29) is 22.4 Å². The predicted octanol–water partition coefficient (Wildman–Crippen LogP) is 0.576. The molecule has 0 spiro atoms. The van der Waals surface area contributed by atoms with Crippen molar-refractivity contribution in [2.45, 2.75) is 31.5 Å². The summed E-state index contributed by atoms with van der Waals surface area (Å²) < 4.78 is 14.2. The summed E-state index contributed by atoms with van der Waals surface area (Å²) in [5, 5.41) is 57.2. The molecule has 6 nitrogen and oxygen atoms in total. The second kappa shape index (κ2) is 5.15. The Morgan fingerprint density at radius 3 is 2.09 bits per heavy atom. The number of benzene rings is 2. The van der Waals surface area contributed by atoms with Gasteiger partial charge in [0.25, 0.3) is 5.79 Å². The van der Waals surface area contributed by atoms with E-state index in [9.17, 15) is 19.7 Å². The minimum atomic E-state index is -3.98. The number of hydrogen-bond donors (Lipinski definition) is 6. The van der Waals surface area contributed by atoms with E-state index in [1.807, 2.05) is 0 Å². The number of aromatic hydroxyl groups is 1. The fourth-order valence-electron chi connectivity index (χ4n) is 2.42. The summed E-state index contributed by atoms with van der Waals surface area (Å²) >= 11 is 0. The van der Waals surface area contributed by atoms with E-state index >= 15 is 0 Å². The molecule has 0 amide bonds. The summed E-state index contributed by atoms with van der Waals surface area (Å²) in [6.45, 7) is 3.45. The molecule has 0 atom stereocenters. The van der Waals surface area contributed by atoms with Crippen molar-refractivity contribution < 1.29 is 35.0 Å². The van der Waals surface area contributed by atoms with E-state index in [0.717, 1.165) is 6.07 Å². The van der Waals surface area contributed by atoms with Crippen LogP contribution < -0.4 is 0 Å². The quantitative estimate of drug-likeness (QED) is 0.461. The smallest absolute Gasteiger partial charge is 0.337 e. The van der Waals surface area contributed by atoms with E-state index in [4.69, 9.17) is 15.3 Å². The van der Waals surface area contributed by atoms with Gasteiger partial charge < -0.3 is 30.6 Å². The van der Waals surface area contributed by atoms with Gasteiger partial charge in [0.15, 0.2) is 0 Å². The van der Waals surface area contributed by atoms with Crippen molar-refractivity contribution in [2.75, 3.05) is 0 Å². The van der Waals surface area contributed by atoms with Crippen LogP contribution in [-0.4, -0.2) is 36.6 Å². The van der Waals surface area contributed by atoms with Crippen LogP contribution in [-0.2, 0) is 5.79 Å². The van der Waals surface area contributed by atoms with Crippen molar-refractivity contribution in [2.24, 2.45) is 0 Å². The molecular weight excluding hydrogens is 295 g/mol. The van der Waals surface area contributed by atoms with Gasteiger partial charge in [-0.25, -0.2) is 4.39 Å². The summed E-state index contributed by atoms with van der Waals surface area (Å²) in [6, 6.07) is 4.73. The van der Waals surface area contributed by atoms with E-state index in [2.05, 4.69) is 0 Å². The van der Waals surface area contributed by atoms with Gasteiger partial charge in [-0.15, -0.1) is 0 Å². The summed E-state index contributed by atoms with van der Waals surface area (Å²) in [4.78, 5) is 0. The molecule has 6 N–H and O–H groups in total. The molecule has 0 fully saturated rings. The lowest BCUT2D eigenvalue weighted by Gasteiger charge is -2.32. The highest BCUT2D eigenvalue weighted by Gasteiger charge is 2.51. The van der Waals surface area contributed by atoms with Gasteiger partial charge >= 0.3 is 5.97 Å². The Morgan fingerprint density at radius 1 is 1.00 bits per heavy atom. The maximum Gasteiger partial charge on any atom is 0.337 e. The van der Waals surface area contributed by atoms with Gasteiger partial charge in [-0.2, -0.15) is 0 Å². The maximum absolute atomic E-state index is 14.2. The van der Waals surface area contributed by atoms with Crippen molar-refractivity contribution in [3.63, 3.8) is 0 Å².